The number of hydrogen-bond donors (Lipinski definition) is 1. The van der Waals surface area contributed by atoms with E-state index in [-0.39, 0.29) is 0 Å². The van der Waals surface area contributed by atoms with Gasteiger partial charge in [-0.2, -0.15) is 0 Å². The monoisotopic (exact) mass is 441 g/mol. The second-order valence-electron chi connectivity index (χ2n) is 4.14. The van der Waals surface area contributed by atoms with Crippen LogP contribution in [0.3, 0.4) is 0 Å². The Morgan fingerprint density at radius 3 is 1.96 bits per heavy atom. The molecule has 0 bridgehead atoms. The van der Waals surface area contributed by atoms with Gasteiger partial charge in [0.1, 0.15) is 0 Å². The van der Waals surface area contributed by atoms with Crippen molar-refractivity contribution in [1.29, 1.82) is 0 Å². The molecule has 0 aliphatic rings. The van der Waals surface area contributed by atoms with Crippen molar-refractivity contribution in [1.82, 2.24) is 9.55 Å². The zero-order chi connectivity index (χ0) is 22.3. The van der Waals surface area contributed by atoms with E-state index in [9.17, 15) is 0 Å². The van der Waals surface area contributed by atoms with Gasteiger partial charge in [0, 0.05) is 22.8 Å². The fourth-order valence-electron chi connectivity index (χ4n) is 1.69. The lowest BCUT2D eigenvalue weighted by atomic mass is 10.1. The number of allylic oxidation sites excluding steroid dienone is 7. The van der Waals surface area contributed by atoms with Crippen molar-refractivity contribution < 1.29 is 0 Å². The summed E-state index contributed by atoms with van der Waals surface area (Å²) in [6.07, 6.45) is 14.8. The summed E-state index contributed by atoms with van der Waals surface area (Å²) in [5, 5.41) is 0. The van der Waals surface area contributed by atoms with Crippen LogP contribution in [-0.4, -0.2) is 9.55 Å². The highest BCUT2D eigenvalue weighted by atomic mass is 79.9. The number of aromatic nitrogens is 2. The van der Waals surface area contributed by atoms with Crippen molar-refractivity contribution in [2.45, 2.75) is 82.6 Å². The van der Waals surface area contributed by atoms with Gasteiger partial charge >= 0.3 is 0 Å². The highest BCUT2D eigenvalue weighted by molar-refractivity contribution is 9.11. The molecule has 0 aliphatic carbocycles. The quantitative estimate of drug-likeness (QED) is 0.465. The van der Waals surface area contributed by atoms with Crippen molar-refractivity contribution >= 4 is 28.1 Å². The van der Waals surface area contributed by atoms with Crippen LogP contribution >= 0.6 is 15.9 Å². The third-order valence-corrected chi connectivity index (χ3v) is 2.68. The van der Waals surface area contributed by atoms with Gasteiger partial charge in [0.25, 0.3) is 0 Å². The predicted molar refractivity (Wildman–Crippen MR) is 132 cm³/mol. The molecule has 0 atom stereocenters. The summed E-state index contributed by atoms with van der Waals surface area (Å²) in [7, 11) is 0. The van der Waals surface area contributed by atoms with E-state index in [0.29, 0.717) is 5.95 Å². The summed E-state index contributed by atoms with van der Waals surface area (Å²) in [4.78, 5) is 4.17. The maximum atomic E-state index is 5.87. The van der Waals surface area contributed by atoms with Gasteiger partial charge in [0.15, 0.2) is 0 Å². The summed E-state index contributed by atoms with van der Waals surface area (Å²) >= 11 is 3.42. The molecule has 0 saturated carbocycles. The number of nitrogen functional groups attached to an aromatic ring is 1. The number of imidazole rings is 1. The van der Waals surface area contributed by atoms with E-state index >= 15 is 0 Å². The van der Waals surface area contributed by atoms with Crippen molar-refractivity contribution in [3.63, 3.8) is 0 Å². The highest BCUT2D eigenvalue weighted by Gasteiger charge is 2.06. The van der Waals surface area contributed by atoms with Crippen LogP contribution in [0.4, 0.5) is 5.95 Å². The first-order valence-corrected chi connectivity index (χ1v) is 11.0. The number of nitrogens with zero attached hydrogens (tertiary/aromatic N) is 2. The van der Waals surface area contributed by atoms with Gasteiger partial charge in [-0.3, -0.25) is 4.57 Å². The van der Waals surface area contributed by atoms with Crippen molar-refractivity contribution in [2.75, 3.05) is 5.73 Å². The Morgan fingerprint density at radius 1 is 1.04 bits per heavy atom. The van der Waals surface area contributed by atoms with Gasteiger partial charge in [-0.1, -0.05) is 102 Å². The smallest absolute Gasteiger partial charge is 0.204 e. The van der Waals surface area contributed by atoms with E-state index < -0.39 is 0 Å². The van der Waals surface area contributed by atoms with Crippen LogP contribution in [0.15, 0.2) is 46.6 Å². The molecule has 1 aromatic heterocycles. The minimum Gasteiger partial charge on any atom is -0.369 e. The molecule has 1 heterocycles. The maximum Gasteiger partial charge on any atom is 0.204 e. The Balaban J connectivity index is -0.000000292. The Bertz CT molecular complexity index is 532. The van der Waals surface area contributed by atoms with Gasteiger partial charge in [0.2, 0.25) is 5.95 Å². The lowest BCUT2D eigenvalue weighted by Gasteiger charge is -2.06. The van der Waals surface area contributed by atoms with Gasteiger partial charge in [0.05, 0.1) is 6.20 Å². The number of halogens is 1. The molecule has 0 aromatic carbocycles. The van der Waals surface area contributed by atoms with Crippen molar-refractivity contribution in [2.24, 2.45) is 0 Å². The standard InChI is InChI=1S/C15H20BrN3.4C2H6/c1-4-6-8-13(7-5-2)9-14-10-18-15(17)19(14)11-12(3)16;4*1-2/h4-8,10-11H,9H2,1-3H3,(H2,17,18);4*1-2H3/b6-4-,7-5-,12-11+,13-8+;;;;. The SMILES string of the molecule is CC.CC.CC.CC.C\C=C/C=C(\C=C/C)Cc1cnc(N)n1/C=C(\C)Br. The lowest BCUT2D eigenvalue weighted by molar-refractivity contribution is 1.01. The third kappa shape index (κ3) is 17.6. The van der Waals surface area contributed by atoms with Crippen LogP contribution in [0, 0.1) is 0 Å². The first kappa shape index (κ1) is 33.1. The molecule has 0 amide bonds. The second-order valence-corrected chi connectivity index (χ2v) is 5.39. The molecule has 0 unspecified atom stereocenters. The molecule has 0 radical (unpaired) electrons. The van der Waals surface area contributed by atoms with E-state index in [1.54, 1.807) is 0 Å². The van der Waals surface area contributed by atoms with Crippen LogP contribution in [0.2, 0.25) is 0 Å². The molecule has 0 saturated heterocycles. The van der Waals surface area contributed by atoms with Gasteiger partial charge in [-0.05, 0) is 26.3 Å². The fourth-order valence-corrected chi connectivity index (χ4v) is 1.89. The Labute approximate surface area is 178 Å². The minimum absolute atomic E-state index is 0.500. The maximum absolute atomic E-state index is 5.87. The molecule has 2 N–H and O–H groups in total. The predicted octanol–water partition coefficient (Wildman–Crippen LogP) is 8.40. The molecule has 1 rings (SSSR count). The summed E-state index contributed by atoms with van der Waals surface area (Å²) in [6, 6.07) is 0. The van der Waals surface area contributed by atoms with Crippen molar-refractivity contribution in [3.8, 4) is 0 Å². The summed E-state index contributed by atoms with van der Waals surface area (Å²) in [6.45, 7) is 22.0. The van der Waals surface area contributed by atoms with Crippen LogP contribution in [0.1, 0.15) is 81.9 Å². The summed E-state index contributed by atoms with van der Waals surface area (Å²) in [5.74, 6) is 0.500. The molecule has 4 heteroatoms. The zero-order valence-electron chi connectivity index (χ0n) is 19.6. The summed E-state index contributed by atoms with van der Waals surface area (Å²) < 4.78 is 2.90. The first-order valence-electron chi connectivity index (χ1n) is 10.2. The Hall–Kier alpha value is -1.55. The molecular formula is C23H44BrN3. The molecule has 27 heavy (non-hydrogen) atoms. The zero-order valence-corrected chi connectivity index (χ0v) is 21.2. The fraction of sp³-hybridized carbons (Fsp3) is 0.522. The van der Waals surface area contributed by atoms with Crippen LogP contribution in [0.25, 0.3) is 6.20 Å². The van der Waals surface area contributed by atoms with Gasteiger partial charge in [-0.25, -0.2) is 4.98 Å². The average molecular weight is 443 g/mol. The van der Waals surface area contributed by atoms with E-state index in [0.717, 1.165) is 16.6 Å². The van der Waals surface area contributed by atoms with Gasteiger partial charge < -0.3 is 5.73 Å². The van der Waals surface area contributed by atoms with Gasteiger partial charge in [-0.15, -0.1) is 0 Å². The number of rotatable bonds is 5. The largest absolute Gasteiger partial charge is 0.369 e. The Kier molecular flexibility index (Phi) is 32.7. The van der Waals surface area contributed by atoms with E-state index in [4.69, 9.17) is 5.73 Å². The van der Waals surface area contributed by atoms with E-state index in [1.807, 2.05) is 111 Å². The number of hydrogen-bond acceptors (Lipinski definition) is 2. The van der Waals surface area contributed by atoms with Crippen LogP contribution in [-0.2, 0) is 6.42 Å². The van der Waals surface area contributed by atoms with E-state index in [1.165, 1.54) is 5.57 Å². The van der Waals surface area contributed by atoms with Crippen LogP contribution < -0.4 is 5.73 Å². The normalized spacial score (nSPS) is 10.7. The molecule has 0 fully saturated rings. The molecule has 0 aliphatic heterocycles. The molecule has 1 aromatic rings. The lowest BCUT2D eigenvalue weighted by Crippen LogP contribution is -2.01. The molecule has 3 nitrogen and oxygen atoms in total. The second kappa shape index (κ2) is 26.7. The minimum atomic E-state index is 0.500. The Morgan fingerprint density at radius 2 is 1.56 bits per heavy atom. The molecular weight excluding hydrogens is 398 g/mol. The number of nitrogens with two attached hydrogens (primary N) is 1. The van der Waals surface area contributed by atoms with Crippen LogP contribution in [0.5, 0.6) is 0 Å². The highest BCUT2D eigenvalue weighted by Crippen LogP contribution is 2.17. The first-order chi connectivity index (χ1) is 13.1. The average Bonchev–Trinajstić information content (AvgIpc) is 3.05. The number of anilines is 1. The topological polar surface area (TPSA) is 43.8 Å². The third-order valence-electron chi connectivity index (χ3n) is 2.48. The van der Waals surface area contributed by atoms with Crippen molar-refractivity contribution in [3.05, 3.63) is 52.3 Å². The molecule has 158 valence electrons. The van der Waals surface area contributed by atoms with E-state index in [2.05, 4.69) is 33.1 Å². The molecule has 0 spiro atoms. The summed E-state index contributed by atoms with van der Waals surface area (Å²) in [5.41, 5.74) is 8.15.